The van der Waals surface area contributed by atoms with E-state index >= 15 is 0 Å². The summed E-state index contributed by atoms with van der Waals surface area (Å²) in [7, 11) is 0. The molecule has 0 aliphatic heterocycles. The predicted octanol–water partition coefficient (Wildman–Crippen LogP) is 1.66. The van der Waals surface area contributed by atoms with Crippen molar-refractivity contribution in [3.8, 4) is 0 Å². The van der Waals surface area contributed by atoms with E-state index in [2.05, 4.69) is 13.8 Å². The summed E-state index contributed by atoms with van der Waals surface area (Å²) in [5.41, 5.74) is 0. The van der Waals surface area contributed by atoms with Crippen LogP contribution in [0.2, 0.25) is 10.6 Å². The molecule has 0 aliphatic rings. The standard InChI is InChI=1S/2C2H5.CN.Al/c3*1-2;/h2*1H2,2H3;;/q;;-1;+1. The molecular formula is C5H10AlN. The average molecular weight is 111 g/mol. The van der Waals surface area contributed by atoms with Crippen molar-refractivity contribution in [2.45, 2.75) is 24.4 Å². The maximum atomic E-state index is 6.25. The van der Waals surface area contributed by atoms with Gasteiger partial charge in [-0.2, -0.15) is 0 Å². The zero-order chi connectivity index (χ0) is 6.12. The van der Waals surface area contributed by atoms with Crippen molar-refractivity contribution >= 4 is 15.2 Å². The maximum absolute atomic E-state index is 6.25. The van der Waals surface area contributed by atoms with Gasteiger partial charge < -0.3 is 11.8 Å². The normalized spacial score (nSPS) is 5.14. The summed E-state index contributed by atoms with van der Waals surface area (Å²) in [5.74, 6) is 0. The Morgan fingerprint density at radius 3 is 1.57 bits per heavy atom. The molecule has 0 aliphatic carbocycles. The third-order valence-electron chi connectivity index (χ3n) is 0.577. The summed E-state index contributed by atoms with van der Waals surface area (Å²) in [5, 5.41) is 9.10. The van der Waals surface area contributed by atoms with E-state index in [4.69, 9.17) is 11.8 Å². The maximum Gasteiger partial charge on any atom is -0.488 e. The molecule has 0 unspecified atom stereocenters. The first-order chi connectivity index (χ1) is 3.41. The zero-order valence-electron chi connectivity index (χ0n) is 4.94. The fourth-order valence-electron chi connectivity index (χ4n) is 0.289. The molecular weight excluding hydrogens is 101 g/mol. The summed E-state index contributed by atoms with van der Waals surface area (Å²) < 4.78 is 0. The molecule has 0 rings (SSSR count). The van der Waals surface area contributed by atoms with Gasteiger partial charge in [0.05, 0.1) is 0 Å². The Morgan fingerprint density at radius 1 is 1.29 bits per heavy atom. The number of hydrogen-bond donors (Lipinski definition) is 0. The molecule has 0 aromatic heterocycles. The number of nitrogens with zero attached hydrogens (tertiary/aromatic N) is 1. The van der Waals surface area contributed by atoms with Crippen molar-refractivity contribution in [3.63, 3.8) is 0 Å². The Bertz CT molecular complexity index is 32.3. The topological polar surface area (TPSA) is 23.8 Å². The SMILES string of the molecule is C[CH2][Al+][CH2]C.[C-]#N. The minimum absolute atomic E-state index is 0.815. The van der Waals surface area contributed by atoms with Gasteiger partial charge in [0.2, 0.25) is 0 Å². The van der Waals surface area contributed by atoms with E-state index in [0.717, 1.165) is 15.2 Å². The number of hydrogen-bond acceptors (Lipinski definition) is 1. The van der Waals surface area contributed by atoms with Gasteiger partial charge in [0, 0.05) is 0 Å². The van der Waals surface area contributed by atoms with Gasteiger partial charge in [0.15, 0.2) is 0 Å². The summed E-state index contributed by atoms with van der Waals surface area (Å²) in [6.07, 6.45) is 0. The Labute approximate surface area is 52.1 Å². The Hall–Kier alpha value is 0.0225. The molecule has 1 nitrogen and oxygen atoms in total. The fourth-order valence-corrected chi connectivity index (χ4v) is 0.866. The Balaban J connectivity index is 0. The predicted molar refractivity (Wildman–Crippen MR) is 31.7 cm³/mol. The molecule has 38 valence electrons. The van der Waals surface area contributed by atoms with Crippen LogP contribution in [-0.4, -0.2) is 15.2 Å². The van der Waals surface area contributed by atoms with Gasteiger partial charge in [-0.1, -0.05) is 0 Å². The van der Waals surface area contributed by atoms with Gasteiger partial charge in [0.25, 0.3) is 0 Å². The van der Waals surface area contributed by atoms with Crippen LogP contribution in [0.15, 0.2) is 0 Å². The number of rotatable bonds is 2. The van der Waals surface area contributed by atoms with Gasteiger partial charge in [-0.3, -0.25) is 0 Å². The summed E-state index contributed by atoms with van der Waals surface area (Å²) in [6.45, 7) is 9.25. The monoisotopic (exact) mass is 111 g/mol. The van der Waals surface area contributed by atoms with Crippen molar-refractivity contribution in [3.05, 3.63) is 6.57 Å². The molecule has 0 fully saturated rings. The molecule has 0 aromatic rings. The fraction of sp³-hybridized carbons (Fsp3) is 0.800. The molecule has 0 saturated carbocycles. The Morgan fingerprint density at radius 2 is 1.57 bits per heavy atom. The molecule has 0 aromatic carbocycles. The second-order valence-electron chi connectivity index (χ2n) is 1.11. The summed E-state index contributed by atoms with van der Waals surface area (Å²) in [6, 6.07) is 0. The van der Waals surface area contributed by atoms with Crippen molar-refractivity contribution in [1.82, 2.24) is 0 Å². The second kappa shape index (κ2) is 16.6. The van der Waals surface area contributed by atoms with E-state index in [9.17, 15) is 0 Å². The van der Waals surface area contributed by atoms with E-state index in [1.807, 2.05) is 0 Å². The molecule has 0 atom stereocenters. The van der Waals surface area contributed by atoms with Gasteiger partial charge >= 0.3 is 39.6 Å². The first-order valence-corrected chi connectivity index (χ1v) is 4.09. The van der Waals surface area contributed by atoms with Gasteiger partial charge in [0.1, 0.15) is 0 Å². The van der Waals surface area contributed by atoms with Crippen LogP contribution in [-0.2, 0) is 0 Å². The van der Waals surface area contributed by atoms with Crippen LogP contribution in [0, 0.1) is 11.8 Å². The molecule has 0 heterocycles. The van der Waals surface area contributed by atoms with Crippen molar-refractivity contribution in [1.29, 1.82) is 5.26 Å². The van der Waals surface area contributed by atoms with Gasteiger partial charge in [-0.15, -0.1) is 0 Å². The van der Waals surface area contributed by atoms with Crippen LogP contribution in [0.4, 0.5) is 0 Å². The van der Waals surface area contributed by atoms with E-state index in [0.29, 0.717) is 0 Å². The van der Waals surface area contributed by atoms with Crippen LogP contribution in [0.1, 0.15) is 13.8 Å². The van der Waals surface area contributed by atoms with Crippen LogP contribution < -0.4 is 0 Å². The average Bonchev–Trinajstić information content (AvgIpc) is 1.75. The van der Waals surface area contributed by atoms with Crippen LogP contribution in [0.5, 0.6) is 0 Å². The van der Waals surface area contributed by atoms with Gasteiger partial charge in [-0.05, 0) is 0 Å². The molecule has 0 saturated heterocycles. The van der Waals surface area contributed by atoms with Crippen molar-refractivity contribution in [2.24, 2.45) is 0 Å². The third-order valence-corrected chi connectivity index (χ3v) is 1.73. The van der Waals surface area contributed by atoms with Crippen LogP contribution in [0.3, 0.4) is 0 Å². The van der Waals surface area contributed by atoms with Crippen LogP contribution >= 0.6 is 0 Å². The molecule has 0 spiro atoms. The molecule has 0 N–H and O–H groups in total. The largest absolute Gasteiger partial charge is 0.512 e. The van der Waals surface area contributed by atoms with E-state index in [-0.39, 0.29) is 0 Å². The minimum Gasteiger partial charge on any atom is -0.512 e. The molecule has 0 bridgehead atoms. The van der Waals surface area contributed by atoms with Crippen molar-refractivity contribution in [2.75, 3.05) is 0 Å². The zero-order valence-corrected chi connectivity index (χ0v) is 6.09. The Kier molecular flexibility index (Phi) is 24.0. The smallest absolute Gasteiger partial charge is 0.488 e. The van der Waals surface area contributed by atoms with Crippen LogP contribution in [0.25, 0.3) is 0 Å². The molecule has 0 amide bonds. The van der Waals surface area contributed by atoms with E-state index in [1.54, 1.807) is 0 Å². The quantitative estimate of drug-likeness (QED) is 0.392. The summed E-state index contributed by atoms with van der Waals surface area (Å²) >= 11 is 0.815. The van der Waals surface area contributed by atoms with Gasteiger partial charge in [-0.25, -0.2) is 0 Å². The first-order valence-electron chi connectivity index (χ1n) is 2.45. The third kappa shape index (κ3) is 23.8. The van der Waals surface area contributed by atoms with Crippen molar-refractivity contribution < 1.29 is 0 Å². The second-order valence-corrected chi connectivity index (χ2v) is 3.32. The minimum atomic E-state index is 0.815. The molecule has 0 radical (unpaired) electrons. The van der Waals surface area contributed by atoms with E-state index in [1.165, 1.54) is 10.6 Å². The first kappa shape index (κ1) is 10.1. The van der Waals surface area contributed by atoms with E-state index < -0.39 is 0 Å². The summed E-state index contributed by atoms with van der Waals surface area (Å²) in [4.78, 5) is 0. The molecule has 2 heteroatoms. The molecule has 7 heavy (non-hydrogen) atoms.